The number of ether oxygens (including phenoxy) is 1. The zero-order valence-corrected chi connectivity index (χ0v) is 14.6. The number of fused-ring (bicyclic) bond motifs is 1. The molecule has 1 fully saturated rings. The molecule has 0 N–H and O–H groups in total. The number of nitrogens with zero attached hydrogens (tertiary/aromatic N) is 4. The molecule has 0 spiro atoms. The van der Waals surface area contributed by atoms with Crippen molar-refractivity contribution in [2.45, 2.75) is 6.54 Å². The first-order valence-electron chi connectivity index (χ1n) is 8.60. The third kappa shape index (κ3) is 3.39. The maximum Gasteiger partial charge on any atom is 0.254 e. The van der Waals surface area contributed by atoms with Gasteiger partial charge in [-0.25, -0.2) is 4.63 Å². The predicted molar refractivity (Wildman–Crippen MR) is 96.0 cm³/mol. The minimum Gasteiger partial charge on any atom is -0.497 e. The molecule has 4 rings (SSSR count). The Hall–Kier alpha value is -2.93. The van der Waals surface area contributed by atoms with E-state index in [1.807, 2.05) is 41.3 Å². The molecular weight excluding hydrogens is 332 g/mol. The number of hydrogen-bond donors (Lipinski definition) is 0. The lowest BCUT2D eigenvalue weighted by Crippen LogP contribution is -2.48. The number of benzene rings is 2. The van der Waals surface area contributed by atoms with Crippen molar-refractivity contribution >= 4 is 16.9 Å². The molecule has 0 unspecified atom stereocenters. The van der Waals surface area contributed by atoms with Crippen LogP contribution in [-0.2, 0) is 6.54 Å². The van der Waals surface area contributed by atoms with Gasteiger partial charge in [-0.05, 0) is 46.2 Å². The molecule has 2 heterocycles. The highest BCUT2D eigenvalue weighted by Gasteiger charge is 2.22. The van der Waals surface area contributed by atoms with E-state index in [4.69, 9.17) is 9.37 Å². The summed E-state index contributed by atoms with van der Waals surface area (Å²) in [6.07, 6.45) is 0. The number of piperazine rings is 1. The van der Waals surface area contributed by atoms with Crippen LogP contribution in [0, 0.1) is 0 Å². The number of carbonyl (C=O) groups is 1. The average Bonchev–Trinajstić information content (AvgIpc) is 3.16. The van der Waals surface area contributed by atoms with Crippen LogP contribution < -0.4 is 4.74 Å². The molecule has 1 saturated heterocycles. The molecule has 0 atom stereocenters. The second-order valence-corrected chi connectivity index (χ2v) is 6.39. The molecule has 26 heavy (non-hydrogen) atoms. The van der Waals surface area contributed by atoms with Gasteiger partial charge >= 0.3 is 0 Å². The van der Waals surface area contributed by atoms with Crippen molar-refractivity contribution in [3.63, 3.8) is 0 Å². The molecule has 7 nitrogen and oxygen atoms in total. The molecule has 0 radical (unpaired) electrons. The second kappa shape index (κ2) is 7.13. The summed E-state index contributed by atoms with van der Waals surface area (Å²) >= 11 is 0. The number of methoxy groups -OCH3 is 1. The molecule has 0 saturated carbocycles. The van der Waals surface area contributed by atoms with Crippen LogP contribution in [0.3, 0.4) is 0 Å². The van der Waals surface area contributed by atoms with Crippen LogP contribution in [0.15, 0.2) is 47.1 Å². The van der Waals surface area contributed by atoms with Gasteiger partial charge in [0.15, 0.2) is 0 Å². The Balaban J connectivity index is 1.36. The van der Waals surface area contributed by atoms with Gasteiger partial charge in [-0.15, -0.1) is 0 Å². The van der Waals surface area contributed by atoms with Gasteiger partial charge in [-0.2, -0.15) is 0 Å². The highest BCUT2D eigenvalue weighted by molar-refractivity contribution is 5.94. The molecule has 1 aliphatic rings. The number of carbonyl (C=O) groups excluding carboxylic acids is 1. The largest absolute Gasteiger partial charge is 0.497 e. The number of amides is 1. The van der Waals surface area contributed by atoms with Crippen molar-refractivity contribution in [3.05, 3.63) is 53.6 Å². The van der Waals surface area contributed by atoms with Gasteiger partial charge in [0.25, 0.3) is 5.91 Å². The quantitative estimate of drug-likeness (QED) is 0.717. The molecule has 0 bridgehead atoms. The van der Waals surface area contributed by atoms with Crippen LogP contribution in [0.25, 0.3) is 11.0 Å². The molecule has 0 aliphatic carbocycles. The van der Waals surface area contributed by atoms with Gasteiger partial charge in [0.2, 0.25) is 0 Å². The fourth-order valence-corrected chi connectivity index (χ4v) is 3.23. The lowest BCUT2D eigenvalue weighted by atomic mass is 10.1. The molecule has 7 heteroatoms. The Morgan fingerprint density at radius 2 is 1.88 bits per heavy atom. The first kappa shape index (κ1) is 16.5. The Morgan fingerprint density at radius 3 is 2.69 bits per heavy atom. The lowest BCUT2D eigenvalue weighted by Gasteiger charge is -2.34. The molecule has 134 valence electrons. The van der Waals surface area contributed by atoms with Gasteiger partial charge in [0.05, 0.1) is 7.11 Å². The van der Waals surface area contributed by atoms with Crippen molar-refractivity contribution < 1.29 is 14.2 Å². The second-order valence-electron chi connectivity index (χ2n) is 6.39. The van der Waals surface area contributed by atoms with E-state index in [1.165, 1.54) is 5.56 Å². The maximum absolute atomic E-state index is 12.7. The normalized spacial score (nSPS) is 15.3. The minimum atomic E-state index is 0.0543. The Morgan fingerprint density at radius 1 is 1.08 bits per heavy atom. The summed E-state index contributed by atoms with van der Waals surface area (Å²) in [5, 5.41) is 7.71. The summed E-state index contributed by atoms with van der Waals surface area (Å²) in [7, 11) is 1.61. The van der Waals surface area contributed by atoms with Crippen molar-refractivity contribution in [1.82, 2.24) is 20.1 Å². The van der Waals surface area contributed by atoms with E-state index in [1.54, 1.807) is 13.2 Å². The highest BCUT2D eigenvalue weighted by atomic mass is 16.6. The Bertz CT molecular complexity index is 916. The van der Waals surface area contributed by atoms with Gasteiger partial charge in [-0.3, -0.25) is 9.69 Å². The summed E-state index contributed by atoms with van der Waals surface area (Å²) in [6.45, 7) is 3.92. The summed E-state index contributed by atoms with van der Waals surface area (Å²) in [6, 6.07) is 13.3. The van der Waals surface area contributed by atoms with E-state index in [9.17, 15) is 4.79 Å². The third-order valence-electron chi connectivity index (χ3n) is 4.70. The maximum atomic E-state index is 12.7. The summed E-state index contributed by atoms with van der Waals surface area (Å²) in [5.41, 5.74) is 3.37. The van der Waals surface area contributed by atoms with E-state index < -0.39 is 0 Å². The summed E-state index contributed by atoms with van der Waals surface area (Å²) in [4.78, 5) is 16.9. The van der Waals surface area contributed by atoms with Crippen LogP contribution in [0.1, 0.15) is 15.9 Å². The third-order valence-corrected chi connectivity index (χ3v) is 4.70. The Labute approximate surface area is 151 Å². The zero-order valence-electron chi connectivity index (χ0n) is 14.6. The van der Waals surface area contributed by atoms with E-state index in [2.05, 4.69) is 15.2 Å². The van der Waals surface area contributed by atoms with Crippen molar-refractivity contribution in [2.75, 3.05) is 33.3 Å². The van der Waals surface area contributed by atoms with Gasteiger partial charge in [0, 0.05) is 38.3 Å². The summed E-state index contributed by atoms with van der Waals surface area (Å²) in [5.74, 6) is 0.755. The molecule has 1 amide bonds. The van der Waals surface area contributed by atoms with Gasteiger partial charge in [-0.1, -0.05) is 12.1 Å². The number of hydrogen-bond acceptors (Lipinski definition) is 6. The van der Waals surface area contributed by atoms with Crippen LogP contribution in [0.4, 0.5) is 0 Å². The van der Waals surface area contributed by atoms with E-state index in [0.717, 1.165) is 30.7 Å². The first-order chi connectivity index (χ1) is 12.7. The fourth-order valence-electron chi connectivity index (χ4n) is 3.23. The minimum absolute atomic E-state index is 0.0543. The fraction of sp³-hybridized carbons (Fsp3) is 0.316. The SMILES string of the molecule is COc1cccc(C(=O)N2CCN(Cc3ccc4nonc4c3)CC2)c1. The van der Waals surface area contributed by atoms with Crippen LogP contribution in [0.5, 0.6) is 5.75 Å². The van der Waals surface area contributed by atoms with E-state index in [-0.39, 0.29) is 5.91 Å². The Kier molecular flexibility index (Phi) is 4.53. The molecule has 1 aliphatic heterocycles. The van der Waals surface area contributed by atoms with Crippen LogP contribution >= 0.6 is 0 Å². The van der Waals surface area contributed by atoms with E-state index >= 15 is 0 Å². The monoisotopic (exact) mass is 352 g/mol. The topological polar surface area (TPSA) is 71.7 Å². The zero-order chi connectivity index (χ0) is 17.9. The predicted octanol–water partition coefficient (Wildman–Crippen LogP) is 2.19. The first-order valence-corrected chi connectivity index (χ1v) is 8.60. The molecule has 2 aromatic carbocycles. The average molecular weight is 352 g/mol. The van der Waals surface area contributed by atoms with E-state index in [0.29, 0.717) is 24.4 Å². The van der Waals surface area contributed by atoms with Crippen LogP contribution in [-0.4, -0.2) is 59.3 Å². The highest BCUT2D eigenvalue weighted by Crippen LogP contribution is 2.17. The molecular formula is C19H20N4O3. The summed E-state index contributed by atoms with van der Waals surface area (Å²) < 4.78 is 9.95. The molecule has 1 aromatic heterocycles. The standard InChI is InChI=1S/C19H20N4O3/c1-25-16-4-2-3-15(12-16)19(24)23-9-7-22(8-10-23)13-14-5-6-17-18(11-14)21-26-20-17/h2-6,11-12H,7-10,13H2,1H3. The smallest absolute Gasteiger partial charge is 0.254 e. The van der Waals surface area contributed by atoms with Crippen molar-refractivity contribution in [3.8, 4) is 5.75 Å². The van der Waals surface area contributed by atoms with Crippen LogP contribution in [0.2, 0.25) is 0 Å². The van der Waals surface area contributed by atoms with Crippen molar-refractivity contribution in [2.24, 2.45) is 0 Å². The van der Waals surface area contributed by atoms with Gasteiger partial charge in [0.1, 0.15) is 16.8 Å². The van der Waals surface area contributed by atoms with Crippen molar-refractivity contribution in [1.29, 1.82) is 0 Å². The molecule has 3 aromatic rings. The number of aromatic nitrogens is 2. The lowest BCUT2D eigenvalue weighted by molar-refractivity contribution is 0.0628. The van der Waals surface area contributed by atoms with Gasteiger partial charge < -0.3 is 9.64 Å². The number of rotatable bonds is 4.